The molecule has 1 amide bonds. The first-order chi connectivity index (χ1) is 7.16. The minimum atomic E-state index is 0.140. The lowest BCUT2D eigenvalue weighted by molar-refractivity contribution is -0.122. The molecule has 0 unspecified atom stereocenters. The van der Waals surface area contributed by atoms with Crippen LogP contribution in [0.1, 0.15) is 19.3 Å². The lowest BCUT2D eigenvalue weighted by atomic mass is 9.85. The molecule has 0 aromatic heterocycles. The Morgan fingerprint density at radius 2 is 2.20 bits per heavy atom. The average molecular weight is 336 g/mol. The van der Waals surface area contributed by atoms with Crippen LogP contribution in [-0.2, 0) is 4.79 Å². The first-order valence-corrected chi connectivity index (χ1v) is 6.38. The molecule has 0 atom stereocenters. The molecule has 0 bridgehead atoms. The van der Waals surface area contributed by atoms with E-state index >= 15 is 0 Å². The van der Waals surface area contributed by atoms with Gasteiger partial charge in [0.05, 0.1) is 5.69 Å². The molecule has 1 aromatic rings. The van der Waals surface area contributed by atoms with Gasteiger partial charge in [-0.15, -0.1) is 0 Å². The third kappa shape index (κ3) is 2.64. The van der Waals surface area contributed by atoms with Crippen LogP contribution in [0.5, 0.6) is 0 Å². The Balaban J connectivity index is 2.06. The maximum absolute atomic E-state index is 11.7. The van der Waals surface area contributed by atoms with Crippen LogP contribution in [0.25, 0.3) is 0 Å². The lowest BCUT2D eigenvalue weighted by Gasteiger charge is -2.24. The zero-order valence-electron chi connectivity index (χ0n) is 8.09. The molecule has 15 heavy (non-hydrogen) atoms. The Morgan fingerprint density at radius 1 is 1.47 bits per heavy atom. The maximum Gasteiger partial charge on any atom is 0.227 e. The normalized spacial score (nSPS) is 15.9. The van der Waals surface area contributed by atoms with E-state index in [1.165, 1.54) is 6.42 Å². The molecule has 4 heteroatoms. The molecule has 0 saturated heterocycles. The van der Waals surface area contributed by atoms with E-state index in [-0.39, 0.29) is 11.8 Å². The van der Waals surface area contributed by atoms with Crippen LogP contribution < -0.4 is 5.32 Å². The standard InChI is InChI=1S/C11H11ClINO/c12-8-4-5-10(9(13)6-8)14-11(15)7-2-1-3-7/h4-7H,1-3H2,(H,14,15). The molecule has 1 aromatic carbocycles. The van der Waals surface area contributed by atoms with E-state index in [1.807, 2.05) is 12.1 Å². The summed E-state index contributed by atoms with van der Waals surface area (Å²) in [6.45, 7) is 0. The predicted octanol–water partition coefficient (Wildman–Crippen LogP) is 3.68. The van der Waals surface area contributed by atoms with Gasteiger partial charge < -0.3 is 5.32 Å². The second-order valence-corrected chi connectivity index (χ2v) is 5.34. The molecule has 0 radical (unpaired) electrons. The number of hydrogen-bond acceptors (Lipinski definition) is 1. The van der Waals surface area contributed by atoms with Gasteiger partial charge in [0.1, 0.15) is 0 Å². The Kier molecular flexibility index (Phi) is 3.51. The van der Waals surface area contributed by atoms with Gasteiger partial charge in [-0.2, -0.15) is 0 Å². The number of hydrogen-bond donors (Lipinski definition) is 1. The summed E-state index contributed by atoms with van der Waals surface area (Å²) in [5.41, 5.74) is 0.858. The summed E-state index contributed by atoms with van der Waals surface area (Å²) in [4.78, 5) is 11.7. The van der Waals surface area contributed by atoms with Crippen molar-refractivity contribution in [2.24, 2.45) is 5.92 Å². The van der Waals surface area contributed by atoms with Gasteiger partial charge >= 0.3 is 0 Å². The Hall–Kier alpha value is -0.290. The van der Waals surface area contributed by atoms with Gasteiger partial charge in [-0.25, -0.2) is 0 Å². The van der Waals surface area contributed by atoms with Gasteiger partial charge in [0.25, 0.3) is 0 Å². The van der Waals surface area contributed by atoms with E-state index in [9.17, 15) is 4.79 Å². The van der Waals surface area contributed by atoms with Crippen molar-refractivity contribution in [3.63, 3.8) is 0 Å². The number of rotatable bonds is 2. The molecule has 1 aliphatic rings. The van der Waals surface area contributed by atoms with Crippen LogP contribution in [0.4, 0.5) is 5.69 Å². The summed E-state index contributed by atoms with van der Waals surface area (Å²) in [5, 5.41) is 3.63. The molecule has 2 nitrogen and oxygen atoms in total. The Bertz CT molecular complexity index is 390. The highest BCUT2D eigenvalue weighted by molar-refractivity contribution is 14.1. The van der Waals surface area contributed by atoms with Crippen molar-refractivity contribution in [2.45, 2.75) is 19.3 Å². The van der Waals surface area contributed by atoms with Crippen molar-refractivity contribution < 1.29 is 4.79 Å². The maximum atomic E-state index is 11.7. The summed E-state index contributed by atoms with van der Waals surface area (Å²) in [5.74, 6) is 0.359. The lowest BCUT2D eigenvalue weighted by Crippen LogP contribution is -2.28. The number of carbonyl (C=O) groups is 1. The topological polar surface area (TPSA) is 29.1 Å². The minimum Gasteiger partial charge on any atom is -0.325 e. The van der Waals surface area contributed by atoms with Crippen LogP contribution >= 0.6 is 34.2 Å². The minimum absolute atomic E-state index is 0.140. The smallest absolute Gasteiger partial charge is 0.227 e. The van der Waals surface area contributed by atoms with Gasteiger partial charge in [-0.1, -0.05) is 18.0 Å². The van der Waals surface area contributed by atoms with Crippen molar-refractivity contribution in [1.29, 1.82) is 0 Å². The molecule has 0 heterocycles. The molecule has 1 saturated carbocycles. The van der Waals surface area contributed by atoms with Gasteiger partial charge in [0, 0.05) is 14.5 Å². The second kappa shape index (κ2) is 4.70. The number of benzene rings is 1. The quantitative estimate of drug-likeness (QED) is 0.821. The van der Waals surface area contributed by atoms with E-state index in [2.05, 4.69) is 27.9 Å². The number of anilines is 1. The molecular weight excluding hydrogens is 324 g/mol. The number of nitrogens with one attached hydrogen (secondary N) is 1. The zero-order chi connectivity index (χ0) is 10.8. The highest BCUT2D eigenvalue weighted by Gasteiger charge is 2.25. The van der Waals surface area contributed by atoms with Crippen molar-refractivity contribution in [3.05, 3.63) is 26.8 Å². The van der Waals surface area contributed by atoms with Crippen LogP contribution in [0.2, 0.25) is 5.02 Å². The molecule has 1 fully saturated rings. The third-order valence-electron chi connectivity index (χ3n) is 2.66. The van der Waals surface area contributed by atoms with Crippen molar-refractivity contribution in [3.8, 4) is 0 Å². The van der Waals surface area contributed by atoms with E-state index in [0.717, 1.165) is 22.1 Å². The van der Waals surface area contributed by atoms with E-state index < -0.39 is 0 Å². The molecule has 2 rings (SSSR count). The largest absolute Gasteiger partial charge is 0.325 e. The van der Waals surface area contributed by atoms with Crippen LogP contribution in [0.3, 0.4) is 0 Å². The fourth-order valence-electron chi connectivity index (χ4n) is 1.50. The number of amides is 1. The Labute approximate surface area is 108 Å². The highest BCUT2D eigenvalue weighted by Crippen LogP contribution is 2.29. The average Bonchev–Trinajstić information content (AvgIpc) is 2.07. The molecule has 0 spiro atoms. The number of halogens is 2. The fourth-order valence-corrected chi connectivity index (χ4v) is 2.50. The van der Waals surface area contributed by atoms with Crippen molar-refractivity contribution in [2.75, 3.05) is 5.32 Å². The molecule has 0 aliphatic heterocycles. The fraction of sp³-hybridized carbons (Fsp3) is 0.364. The summed E-state index contributed by atoms with van der Waals surface area (Å²) in [6, 6.07) is 5.49. The van der Waals surface area contributed by atoms with E-state index in [1.54, 1.807) is 6.07 Å². The van der Waals surface area contributed by atoms with Gasteiger partial charge in [0.2, 0.25) is 5.91 Å². The first-order valence-electron chi connectivity index (χ1n) is 4.93. The monoisotopic (exact) mass is 335 g/mol. The Morgan fingerprint density at radius 3 is 2.73 bits per heavy atom. The second-order valence-electron chi connectivity index (χ2n) is 3.74. The summed E-state index contributed by atoms with van der Waals surface area (Å²) < 4.78 is 0.979. The molecule has 1 N–H and O–H groups in total. The van der Waals surface area contributed by atoms with Gasteiger partial charge in [-0.3, -0.25) is 4.79 Å². The first kappa shape index (κ1) is 11.2. The van der Waals surface area contributed by atoms with E-state index in [4.69, 9.17) is 11.6 Å². The van der Waals surface area contributed by atoms with Gasteiger partial charge in [0.15, 0.2) is 0 Å². The van der Waals surface area contributed by atoms with Crippen LogP contribution in [0, 0.1) is 9.49 Å². The number of carbonyl (C=O) groups excluding carboxylic acids is 1. The zero-order valence-corrected chi connectivity index (χ0v) is 11.0. The van der Waals surface area contributed by atoms with Crippen LogP contribution in [0.15, 0.2) is 18.2 Å². The molecule has 80 valence electrons. The SMILES string of the molecule is O=C(Nc1ccc(Cl)cc1I)C1CCC1. The molecule has 1 aliphatic carbocycles. The third-order valence-corrected chi connectivity index (χ3v) is 3.79. The van der Waals surface area contributed by atoms with Crippen LogP contribution in [-0.4, -0.2) is 5.91 Å². The van der Waals surface area contributed by atoms with Gasteiger partial charge in [-0.05, 0) is 53.6 Å². The summed E-state index contributed by atoms with van der Waals surface area (Å²) in [6.07, 6.45) is 3.22. The summed E-state index contributed by atoms with van der Waals surface area (Å²) >= 11 is 8.01. The summed E-state index contributed by atoms with van der Waals surface area (Å²) in [7, 11) is 0. The van der Waals surface area contributed by atoms with Crippen molar-refractivity contribution >= 4 is 45.8 Å². The van der Waals surface area contributed by atoms with E-state index in [0.29, 0.717) is 5.02 Å². The van der Waals surface area contributed by atoms with Crippen molar-refractivity contribution in [1.82, 2.24) is 0 Å². The molecular formula is C11H11ClINO. The predicted molar refractivity (Wildman–Crippen MR) is 70.1 cm³/mol. The highest BCUT2D eigenvalue weighted by atomic mass is 127.